The van der Waals surface area contributed by atoms with E-state index in [0.29, 0.717) is 17.6 Å². The number of rotatable bonds is 6. The molecule has 0 amide bonds. The van der Waals surface area contributed by atoms with Crippen molar-refractivity contribution in [1.29, 1.82) is 0 Å². The number of hydrogen-bond donors (Lipinski definition) is 0. The van der Waals surface area contributed by atoms with E-state index in [1.165, 1.54) is 43.1 Å². The van der Waals surface area contributed by atoms with Crippen LogP contribution < -0.4 is 0 Å². The molecule has 11 aromatic carbocycles. The summed E-state index contributed by atoms with van der Waals surface area (Å²) in [7, 11) is 0. The SMILES string of the molecule is c1ccc(-c2cccc(-c3nc(-c4cccc(-c5ccccc5)c4)nc(-n4c5ccccc5c5cc6c7ccccc7n(-c7ccc8c9ccccc9c9ccccc9c8c7)c6cc54)n3)c2)cc1. The summed E-state index contributed by atoms with van der Waals surface area (Å²) in [5.41, 5.74) is 11.7. The Morgan fingerprint density at radius 1 is 0.221 bits per heavy atom. The Bertz CT molecular complexity index is 4180. The highest BCUT2D eigenvalue weighted by Crippen LogP contribution is 2.42. The fraction of sp³-hybridized carbons (Fsp3) is 0. The van der Waals surface area contributed by atoms with Crippen molar-refractivity contribution < 1.29 is 0 Å². The zero-order chi connectivity index (χ0) is 44.7. The van der Waals surface area contributed by atoms with Crippen molar-refractivity contribution in [3.63, 3.8) is 0 Å². The molecule has 5 nitrogen and oxygen atoms in total. The molecule has 68 heavy (non-hydrogen) atoms. The summed E-state index contributed by atoms with van der Waals surface area (Å²) in [6.45, 7) is 0. The molecule has 3 aromatic heterocycles. The molecule has 0 bridgehead atoms. The lowest BCUT2D eigenvalue weighted by Gasteiger charge is -2.14. The summed E-state index contributed by atoms with van der Waals surface area (Å²) in [5.74, 6) is 1.76. The summed E-state index contributed by atoms with van der Waals surface area (Å²) in [5, 5.41) is 12.2. The minimum Gasteiger partial charge on any atom is -0.309 e. The average Bonchev–Trinajstić information content (AvgIpc) is 3.92. The molecule has 0 N–H and O–H groups in total. The molecule has 0 saturated carbocycles. The maximum absolute atomic E-state index is 5.41. The van der Waals surface area contributed by atoms with Gasteiger partial charge < -0.3 is 4.57 Å². The third kappa shape index (κ3) is 5.99. The van der Waals surface area contributed by atoms with Gasteiger partial charge in [0, 0.05) is 38.4 Å². The van der Waals surface area contributed by atoms with Crippen molar-refractivity contribution in [2.24, 2.45) is 0 Å². The molecule has 0 atom stereocenters. The van der Waals surface area contributed by atoms with E-state index in [0.717, 1.165) is 71.9 Å². The first kappa shape index (κ1) is 38.1. The number of para-hydroxylation sites is 2. The van der Waals surface area contributed by atoms with Gasteiger partial charge in [-0.15, -0.1) is 0 Å². The van der Waals surface area contributed by atoms with Gasteiger partial charge in [0.15, 0.2) is 11.6 Å². The van der Waals surface area contributed by atoms with E-state index in [1.54, 1.807) is 0 Å². The highest BCUT2D eigenvalue weighted by atomic mass is 15.2. The van der Waals surface area contributed by atoms with Crippen LogP contribution in [-0.4, -0.2) is 24.1 Å². The van der Waals surface area contributed by atoms with E-state index in [1.807, 2.05) is 12.1 Å². The largest absolute Gasteiger partial charge is 0.309 e. The Kier molecular flexibility index (Phi) is 8.52. The molecule has 0 saturated heterocycles. The van der Waals surface area contributed by atoms with Gasteiger partial charge in [-0.1, -0.05) is 188 Å². The minimum absolute atomic E-state index is 0.553. The van der Waals surface area contributed by atoms with Gasteiger partial charge in [0.05, 0.1) is 22.1 Å². The lowest BCUT2D eigenvalue weighted by atomic mass is 9.94. The molecular weight excluding hydrogens is 827 g/mol. The van der Waals surface area contributed by atoms with Crippen molar-refractivity contribution in [2.45, 2.75) is 0 Å². The second kappa shape index (κ2) is 15.2. The molecule has 0 fully saturated rings. The Morgan fingerprint density at radius 3 is 1.18 bits per heavy atom. The van der Waals surface area contributed by atoms with Gasteiger partial charge in [0.2, 0.25) is 5.95 Å². The fourth-order valence-electron chi connectivity index (χ4n) is 10.6. The smallest absolute Gasteiger partial charge is 0.238 e. The quantitative estimate of drug-likeness (QED) is 0.156. The zero-order valence-corrected chi connectivity index (χ0v) is 36.8. The van der Waals surface area contributed by atoms with Crippen LogP contribution in [0, 0.1) is 0 Å². The van der Waals surface area contributed by atoms with Crippen molar-refractivity contribution in [3.05, 3.63) is 237 Å². The van der Waals surface area contributed by atoms with Crippen molar-refractivity contribution in [1.82, 2.24) is 24.1 Å². The highest BCUT2D eigenvalue weighted by molar-refractivity contribution is 6.26. The van der Waals surface area contributed by atoms with Crippen LogP contribution in [0.4, 0.5) is 0 Å². The molecule has 316 valence electrons. The van der Waals surface area contributed by atoms with Gasteiger partial charge >= 0.3 is 0 Å². The standard InChI is InChI=1S/C63H39N5/c1-3-17-40(18-4-1)42-21-15-23-44(35-42)61-64-62(45-24-16-22-43(36-45)41-19-5-2-6-20-41)66-63(65-61)68-58-32-14-12-30-53(58)56-38-55-52-29-11-13-31-57(52)67(59(55)39-60(56)68)46-33-34-51-49-27-8-7-25-47(49)48-26-9-10-28-50(48)54(51)37-46/h1-39H. The molecular formula is C63H39N5. The summed E-state index contributed by atoms with van der Waals surface area (Å²) in [6.07, 6.45) is 0. The van der Waals surface area contributed by atoms with E-state index < -0.39 is 0 Å². The summed E-state index contributed by atoms with van der Waals surface area (Å²) < 4.78 is 4.67. The molecule has 14 rings (SSSR count). The van der Waals surface area contributed by atoms with Crippen LogP contribution in [0.3, 0.4) is 0 Å². The van der Waals surface area contributed by atoms with Crippen LogP contribution in [0.25, 0.3) is 133 Å². The Morgan fingerprint density at radius 2 is 0.632 bits per heavy atom. The lowest BCUT2D eigenvalue weighted by molar-refractivity contribution is 0.953. The van der Waals surface area contributed by atoms with E-state index in [9.17, 15) is 0 Å². The van der Waals surface area contributed by atoms with E-state index in [4.69, 9.17) is 15.0 Å². The van der Waals surface area contributed by atoms with Gasteiger partial charge in [-0.05, 0) is 103 Å². The molecule has 0 radical (unpaired) electrons. The predicted molar refractivity (Wildman–Crippen MR) is 283 cm³/mol. The molecule has 0 aliphatic carbocycles. The fourth-order valence-corrected chi connectivity index (χ4v) is 10.6. The van der Waals surface area contributed by atoms with Crippen molar-refractivity contribution >= 4 is 75.9 Å². The molecule has 0 unspecified atom stereocenters. The average molecular weight is 866 g/mol. The Hall–Kier alpha value is -9.19. The summed E-state index contributed by atoms with van der Waals surface area (Å²) >= 11 is 0. The van der Waals surface area contributed by atoms with Gasteiger partial charge in [0.25, 0.3) is 0 Å². The molecule has 14 aromatic rings. The number of benzene rings is 11. The summed E-state index contributed by atoms with van der Waals surface area (Å²) in [4.78, 5) is 16.1. The zero-order valence-electron chi connectivity index (χ0n) is 36.8. The summed E-state index contributed by atoms with van der Waals surface area (Å²) in [6, 6.07) is 84.6. The molecule has 0 aliphatic rings. The second-order valence-electron chi connectivity index (χ2n) is 17.6. The predicted octanol–water partition coefficient (Wildman–Crippen LogP) is 16.2. The number of aromatic nitrogens is 5. The molecule has 0 aliphatic heterocycles. The Labute approximate surface area is 391 Å². The van der Waals surface area contributed by atoms with Gasteiger partial charge in [0.1, 0.15) is 0 Å². The van der Waals surface area contributed by atoms with Crippen LogP contribution in [0.5, 0.6) is 0 Å². The van der Waals surface area contributed by atoms with Crippen LogP contribution >= 0.6 is 0 Å². The second-order valence-corrected chi connectivity index (χ2v) is 17.6. The van der Waals surface area contributed by atoms with Gasteiger partial charge in [-0.2, -0.15) is 9.97 Å². The van der Waals surface area contributed by atoms with E-state index in [-0.39, 0.29) is 0 Å². The monoisotopic (exact) mass is 865 g/mol. The maximum Gasteiger partial charge on any atom is 0.238 e. The normalized spacial score (nSPS) is 11.8. The number of fused-ring (bicyclic) bond motifs is 12. The van der Waals surface area contributed by atoms with Gasteiger partial charge in [-0.25, -0.2) is 4.98 Å². The number of nitrogens with zero attached hydrogens (tertiary/aromatic N) is 5. The van der Waals surface area contributed by atoms with E-state index in [2.05, 4.69) is 234 Å². The van der Waals surface area contributed by atoms with Crippen LogP contribution in [0.2, 0.25) is 0 Å². The van der Waals surface area contributed by atoms with E-state index >= 15 is 0 Å². The minimum atomic E-state index is 0.553. The number of hydrogen-bond acceptors (Lipinski definition) is 3. The van der Waals surface area contributed by atoms with Crippen molar-refractivity contribution in [2.75, 3.05) is 0 Å². The van der Waals surface area contributed by atoms with Crippen LogP contribution in [-0.2, 0) is 0 Å². The highest BCUT2D eigenvalue weighted by Gasteiger charge is 2.22. The molecule has 3 heterocycles. The van der Waals surface area contributed by atoms with Crippen LogP contribution in [0.15, 0.2) is 237 Å². The van der Waals surface area contributed by atoms with Crippen LogP contribution in [0.1, 0.15) is 0 Å². The third-order valence-corrected chi connectivity index (χ3v) is 13.7. The first-order valence-corrected chi connectivity index (χ1v) is 23.1. The Balaban J connectivity index is 1.04. The third-order valence-electron chi connectivity index (χ3n) is 13.7. The van der Waals surface area contributed by atoms with Crippen molar-refractivity contribution in [3.8, 4) is 56.7 Å². The first-order chi connectivity index (χ1) is 33.7. The molecule has 5 heteroatoms. The lowest BCUT2D eigenvalue weighted by Crippen LogP contribution is -2.06. The first-order valence-electron chi connectivity index (χ1n) is 23.1. The topological polar surface area (TPSA) is 48.5 Å². The maximum atomic E-state index is 5.41. The molecule has 0 spiro atoms. The van der Waals surface area contributed by atoms with Gasteiger partial charge in [-0.3, -0.25) is 4.57 Å².